The molecular weight excluding hydrogens is 426 g/mol. The van der Waals surface area contributed by atoms with Crippen molar-refractivity contribution in [2.75, 3.05) is 11.1 Å². The number of carbonyl (C=O) groups excluding carboxylic acids is 2. The highest BCUT2D eigenvalue weighted by Crippen LogP contribution is 2.26. The van der Waals surface area contributed by atoms with Crippen LogP contribution >= 0.6 is 23.4 Å². The molecule has 9 heteroatoms. The maximum atomic E-state index is 12.8. The first kappa shape index (κ1) is 19.9. The predicted molar refractivity (Wildman–Crippen MR) is 113 cm³/mol. The van der Waals surface area contributed by atoms with Gasteiger partial charge in [0, 0.05) is 16.1 Å². The number of nitrogens with zero attached hydrogens (tertiary/aromatic N) is 2. The molecule has 0 aliphatic carbocycles. The minimum atomic E-state index is -0.331. The van der Waals surface area contributed by atoms with Gasteiger partial charge in [0.05, 0.1) is 17.7 Å². The lowest BCUT2D eigenvalue weighted by Gasteiger charge is -2.11. The Bertz CT molecular complexity index is 1180. The summed E-state index contributed by atoms with van der Waals surface area (Å²) in [5.74, 6) is 0.130. The van der Waals surface area contributed by atoms with E-state index >= 15 is 0 Å². The lowest BCUT2D eigenvalue weighted by molar-refractivity contribution is -0.113. The minimum absolute atomic E-state index is 0.0153. The Labute approximate surface area is 180 Å². The maximum Gasteiger partial charge on any atom is 0.284 e. The summed E-state index contributed by atoms with van der Waals surface area (Å²) >= 11 is 7.14. The summed E-state index contributed by atoms with van der Waals surface area (Å²) in [5, 5.41) is 11.1. The van der Waals surface area contributed by atoms with Crippen molar-refractivity contribution in [3.63, 3.8) is 0 Å². The van der Waals surface area contributed by atoms with Gasteiger partial charge in [-0.15, -0.1) is 10.2 Å². The normalized spacial score (nSPS) is 10.7. The average molecular weight is 440 g/mol. The van der Waals surface area contributed by atoms with Gasteiger partial charge in [-0.2, -0.15) is 0 Å². The number of amides is 1. The van der Waals surface area contributed by atoms with Gasteiger partial charge in [0.1, 0.15) is 0 Å². The summed E-state index contributed by atoms with van der Waals surface area (Å²) in [6, 6.07) is 16.9. The standard InChI is InChI=1S/C21H14ClN3O4S/c22-14-8-9-16(15(11-14)19(27)13-5-2-1-3-6-13)23-18(26)12-30-21-25-24-20(29-21)17-7-4-10-28-17/h1-11H,12H2,(H,23,26). The molecular formula is C21H14ClN3O4S. The molecule has 7 nitrogen and oxygen atoms in total. The largest absolute Gasteiger partial charge is 0.459 e. The number of aromatic nitrogens is 2. The number of hydrogen-bond acceptors (Lipinski definition) is 7. The number of furan rings is 1. The molecule has 0 unspecified atom stereocenters. The lowest BCUT2D eigenvalue weighted by atomic mass is 10.0. The molecule has 0 saturated carbocycles. The molecule has 2 aromatic heterocycles. The molecule has 1 amide bonds. The molecule has 0 aliphatic heterocycles. The van der Waals surface area contributed by atoms with Crippen LogP contribution in [0.4, 0.5) is 5.69 Å². The highest BCUT2D eigenvalue weighted by Gasteiger charge is 2.17. The summed E-state index contributed by atoms with van der Waals surface area (Å²) in [6.45, 7) is 0. The summed E-state index contributed by atoms with van der Waals surface area (Å²) in [6.07, 6.45) is 1.50. The first-order valence-electron chi connectivity index (χ1n) is 8.79. The first-order chi connectivity index (χ1) is 14.6. The summed E-state index contributed by atoms with van der Waals surface area (Å²) in [4.78, 5) is 25.3. The zero-order chi connectivity index (χ0) is 20.9. The van der Waals surface area contributed by atoms with Gasteiger partial charge in [-0.05, 0) is 30.3 Å². The molecule has 150 valence electrons. The van der Waals surface area contributed by atoms with Crippen LogP contribution in [0.1, 0.15) is 15.9 Å². The van der Waals surface area contributed by atoms with Crippen molar-refractivity contribution >= 4 is 40.7 Å². The highest BCUT2D eigenvalue weighted by molar-refractivity contribution is 7.99. The van der Waals surface area contributed by atoms with Crippen LogP contribution in [0.25, 0.3) is 11.7 Å². The van der Waals surface area contributed by atoms with Crippen molar-refractivity contribution in [3.8, 4) is 11.7 Å². The van der Waals surface area contributed by atoms with Crippen molar-refractivity contribution in [3.05, 3.63) is 83.1 Å². The van der Waals surface area contributed by atoms with Gasteiger partial charge >= 0.3 is 0 Å². The Hall–Kier alpha value is -3.36. The molecule has 0 atom stereocenters. The van der Waals surface area contributed by atoms with Gasteiger partial charge in [0.15, 0.2) is 11.5 Å². The van der Waals surface area contributed by atoms with Crippen molar-refractivity contribution in [1.29, 1.82) is 0 Å². The molecule has 2 heterocycles. The smallest absolute Gasteiger partial charge is 0.284 e. The molecule has 30 heavy (non-hydrogen) atoms. The summed E-state index contributed by atoms with van der Waals surface area (Å²) < 4.78 is 10.7. The van der Waals surface area contributed by atoms with Crippen LogP contribution in [0.5, 0.6) is 0 Å². The quantitative estimate of drug-likeness (QED) is 0.321. The molecule has 0 saturated heterocycles. The number of hydrogen-bond donors (Lipinski definition) is 1. The topological polar surface area (TPSA) is 98.2 Å². The van der Waals surface area contributed by atoms with E-state index in [-0.39, 0.29) is 28.6 Å². The third-order valence-electron chi connectivity index (χ3n) is 4.00. The van der Waals surface area contributed by atoms with Crippen LogP contribution in [-0.4, -0.2) is 27.6 Å². The number of benzene rings is 2. The fourth-order valence-corrected chi connectivity index (χ4v) is 3.38. The number of halogens is 1. The van der Waals surface area contributed by atoms with Gasteiger partial charge in [-0.3, -0.25) is 9.59 Å². The number of anilines is 1. The predicted octanol–water partition coefficient (Wildman–Crippen LogP) is 4.94. The number of rotatable bonds is 7. The fraction of sp³-hybridized carbons (Fsp3) is 0.0476. The van der Waals surface area contributed by atoms with Crippen molar-refractivity contribution in [2.45, 2.75) is 5.22 Å². The van der Waals surface area contributed by atoms with E-state index in [2.05, 4.69) is 15.5 Å². The van der Waals surface area contributed by atoms with Gasteiger partial charge < -0.3 is 14.2 Å². The van der Waals surface area contributed by atoms with Crippen LogP contribution < -0.4 is 5.32 Å². The molecule has 1 N–H and O–H groups in total. The van der Waals surface area contributed by atoms with Crippen LogP contribution in [0.15, 0.2) is 81.0 Å². The average Bonchev–Trinajstić information content (AvgIpc) is 3.45. The van der Waals surface area contributed by atoms with Crippen LogP contribution in [0.3, 0.4) is 0 Å². The Balaban J connectivity index is 1.44. The zero-order valence-corrected chi connectivity index (χ0v) is 16.9. The Morgan fingerprint density at radius 3 is 2.63 bits per heavy atom. The van der Waals surface area contributed by atoms with Crippen molar-refractivity contribution < 1.29 is 18.4 Å². The van der Waals surface area contributed by atoms with Gasteiger partial charge in [0.2, 0.25) is 5.91 Å². The second kappa shape index (κ2) is 8.98. The monoisotopic (exact) mass is 439 g/mol. The van der Waals surface area contributed by atoms with E-state index in [1.807, 2.05) is 6.07 Å². The van der Waals surface area contributed by atoms with Crippen LogP contribution in [-0.2, 0) is 4.79 Å². The van der Waals surface area contributed by atoms with Crippen molar-refractivity contribution in [2.24, 2.45) is 0 Å². The van der Waals surface area contributed by atoms with E-state index in [0.29, 0.717) is 27.6 Å². The van der Waals surface area contributed by atoms with E-state index < -0.39 is 0 Å². The zero-order valence-electron chi connectivity index (χ0n) is 15.4. The summed E-state index contributed by atoms with van der Waals surface area (Å²) in [7, 11) is 0. The van der Waals surface area contributed by atoms with E-state index in [4.69, 9.17) is 20.4 Å². The molecule has 4 aromatic rings. The second-order valence-electron chi connectivity index (χ2n) is 6.07. The molecule has 0 aliphatic rings. The van der Waals surface area contributed by atoms with Crippen molar-refractivity contribution in [1.82, 2.24) is 10.2 Å². The van der Waals surface area contributed by atoms with E-state index in [0.717, 1.165) is 11.8 Å². The molecule has 0 radical (unpaired) electrons. The van der Waals surface area contributed by atoms with E-state index in [1.54, 1.807) is 48.5 Å². The second-order valence-corrected chi connectivity index (χ2v) is 7.44. The van der Waals surface area contributed by atoms with Gasteiger partial charge in [0.25, 0.3) is 11.1 Å². The number of thioether (sulfide) groups is 1. The third kappa shape index (κ3) is 4.61. The number of nitrogens with one attached hydrogen (secondary N) is 1. The number of ketones is 1. The Kier molecular flexibility index (Phi) is 5.97. The van der Waals surface area contributed by atoms with Crippen LogP contribution in [0.2, 0.25) is 5.02 Å². The van der Waals surface area contributed by atoms with E-state index in [1.165, 1.54) is 12.3 Å². The Morgan fingerprint density at radius 1 is 1.03 bits per heavy atom. The summed E-state index contributed by atoms with van der Waals surface area (Å²) in [5.41, 5.74) is 1.19. The van der Waals surface area contributed by atoms with Gasteiger partial charge in [-0.25, -0.2) is 0 Å². The molecule has 0 fully saturated rings. The van der Waals surface area contributed by atoms with Gasteiger partial charge in [-0.1, -0.05) is 53.7 Å². The molecule has 2 aromatic carbocycles. The van der Waals surface area contributed by atoms with E-state index in [9.17, 15) is 9.59 Å². The molecule has 0 bridgehead atoms. The molecule has 0 spiro atoms. The highest BCUT2D eigenvalue weighted by atomic mass is 35.5. The minimum Gasteiger partial charge on any atom is -0.459 e. The first-order valence-corrected chi connectivity index (χ1v) is 10.2. The lowest BCUT2D eigenvalue weighted by Crippen LogP contribution is -2.17. The third-order valence-corrected chi connectivity index (χ3v) is 5.06. The Morgan fingerprint density at radius 2 is 1.87 bits per heavy atom. The fourth-order valence-electron chi connectivity index (χ4n) is 2.64. The molecule has 4 rings (SSSR count). The maximum absolute atomic E-state index is 12.8. The SMILES string of the molecule is O=C(CSc1nnc(-c2ccco2)o1)Nc1ccc(Cl)cc1C(=O)c1ccccc1. The van der Waals surface area contributed by atoms with Crippen LogP contribution in [0, 0.1) is 0 Å². The number of carbonyl (C=O) groups is 2.